The largest absolute Gasteiger partial charge is 0.334 e. The lowest BCUT2D eigenvalue weighted by Crippen LogP contribution is -2.40. The van der Waals surface area contributed by atoms with E-state index in [9.17, 15) is 13.2 Å². The van der Waals surface area contributed by atoms with Crippen molar-refractivity contribution in [2.45, 2.75) is 45.2 Å². The van der Waals surface area contributed by atoms with Gasteiger partial charge in [0.1, 0.15) is 0 Å². The van der Waals surface area contributed by atoms with Crippen molar-refractivity contribution in [3.05, 3.63) is 35.9 Å². The topological polar surface area (TPSA) is 54.5 Å². The van der Waals surface area contributed by atoms with Crippen LogP contribution in [-0.2, 0) is 21.2 Å². The van der Waals surface area contributed by atoms with Gasteiger partial charge in [0.2, 0.25) is 5.91 Å². The average molecular weight is 309 g/mol. The number of benzene rings is 1. The second kappa shape index (κ2) is 7.07. The van der Waals surface area contributed by atoms with Crippen molar-refractivity contribution in [3.8, 4) is 0 Å². The number of carbonyl (C=O) groups is 1. The minimum absolute atomic E-state index is 0.0720. The molecule has 1 aliphatic rings. The van der Waals surface area contributed by atoms with Gasteiger partial charge in [-0.1, -0.05) is 43.7 Å². The Morgan fingerprint density at radius 3 is 2.57 bits per heavy atom. The molecule has 1 amide bonds. The Bertz CT molecular complexity index is 568. The number of carbonyl (C=O) groups excluding carboxylic acids is 1. The summed E-state index contributed by atoms with van der Waals surface area (Å²) in [7, 11) is -2.98. The van der Waals surface area contributed by atoms with Gasteiger partial charge in [0.05, 0.1) is 11.5 Å². The predicted molar refractivity (Wildman–Crippen MR) is 83.6 cm³/mol. The summed E-state index contributed by atoms with van der Waals surface area (Å²) >= 11 is 0. The van der Waals surface area contributed by atoms with Crippen LogP contribution in [0.25, 0.3) is 0 Å². The third-order valence-corrected chi connectivity index (χ3v) is 5.66. The van der Waals surface area contributed by atoms with E-state index in [4.69, 9.17) is 0 Å². The molecule has 0 N–H and O–H groups in total. The van der Waals surface area contributed by atoms with Crippen LogP contribution in [0.2, 0.25) is 0 Å². The molecule has 0 saturated carbocycles. The summed E-state index contributed by atoms with van der Waals surface area (Å²) in [5, 5.41) is 0. The van der Waals surface area contributed by atoms with Crippen LogP contribution in [0.4, 0.5) is 0 Å². The Balaban J connectivity index is 2.12. The zero-order chi connectivity index (χ0) is 15.3. The predicted octanol–water partition coefficient (Wildman–Crippen LogP) is 2.39. The molecule has 116 valence electrons. The summed E-state index contributed by atoms with van der Waals surface area (Å²) in [6, 6.07) is 9.60. The second-order valence-corrected chi connectivity index (χ2v) is 7.90. The summed E-state index contributed by atoms with van der Waals surface area (Å²) in [5.74, 6) is 0.379. The Kier molecular flexibility index (Phi) is 5.39. The van der Waals surface area contributed by atoms with E-state index in [-0.39, 0.29) is 23.5 Å². The molecule has 1 unspecified atom stereocenters. The van der Waals surface area contributed by atoms with Gasteiger partial charge in [-0.2, -0.15) is 0 Å². The van der Waals surface area contributed by atoms with Gasteiger partial charge < -0.3 is 4.90 Å². The Hall–Kier alpha value is -1.36. The minimum atomic E-state index is -2.98. The molecule has 0 aliphatic carbocycles. The molecule has 1 atom stereocenters. The fourth-order valence-electron chi connectivity index (χ4n) is 2.69. The van der Waals surface area contributed by atoms with Crippen molar-refractivity contribution in [2.24, 2.45) is 0 Å². The summed E-state index contributed by atoms with van der Waals surface area (Å²) in [5.41, 5.74) is 1.05. The van der Waals surface area contributed by atoms with Crippen LogP contribution >= 0.6 is 0 Å². The number of sulfone groups is 1. The first-order chi connectivity index (χ1) is 10.0. The van der Waals surface area contributed by atoms with Crippen LogP contribution < -0.4 is 0 Å². The molecule has 21 heavy (non-hydrogen) atoms. The smallest absolute Gasteiger partial charge is 0.223 e. The van der Waals surface area contributed by atoms with E-state index in [1.165, 1.54) is 0 Å². The third kappa shape index (κ3) is 4.56. The highest BCUT2D eigenvalue weighted by atomic mass is 32.2. The molecular formula is C16H23NO3S. The molecule has 0 spiro atoms. The van der Waals surface area contributed by atoms with Crippen molar-refractivity contribution >= 4 is 15.7 Å². The zero-order valence-electron chi connectivity index (χ0n) is 12.5. The van der Waals surface area contributed by atoms with Crippen molar-refractivity contribution in [2.75, 3.05) is 11.5 Å². The molecule has 1 fully saturated rings. The molecular weight excluding hydrogens is 286 g/mol. The number of amides is 1. The summed E-state index contributed by atoms with van der Waals surface area (Å²) in [6.45, 7) is 2.55. The van der Waals surface area contributed by atoms with Crippen LogP contribution in [0.1, 0.15) is 38.2 Å². The molecule has 0 bridgehead atoms. The van der Waals surface area contributed by atoms with E-state index >= 15 is 0 Å². The maximum Gasteiger partial charge on any atom is 0.223 e. The van der Waals surface area contributed by atoms with Crippen molar-refractivity contribution in [1.29, 1.82) is 0 Å². The van der Waals surface area contributed by atoms with E-state index in [0.29, 0.717) is 19.4 Å². The first-order valence-electron chi connectivity index (χ1n) is 7.55. The number of unbranched alkanes of at least 4 members (excludes halogenated alkanes) is 1. The van der Waals surface area contributed by atoms with E-state index in [2.05, 4.69) is 6.92 Å². The number of rotatable bonds is 6. The van der Waals surface area contributed by atoms with Crippen LogP contribution in [0, 0.1) is 0 Å². The Morgan fingerprint density at radius 2 is 2.00 bits per heavy atom. The normalized spacial score (nSPS) is 20.3. The molecule has 1 aromatic rings. The van der Waals surface area contributed by atoms with Crippen LogP contribution in [0.3, 0.4) is 0 Å². The van der Waals surface area contributed by atoms with Gasteiger partial charge in [-0.15, -0.1) is 0 Å². The maximum absolute atomic E-state index is 12.4. The Labute approximate surface area is 127 Å². The van der Waals surface area contributed by atoms with E-state index in [1.807, 2.05) is 30.3 Å². The SMILES string of the molecule is CCCCC(=O)N(Cc1ccccc1)C1CCS(=O)(=O)C1. The summed E-state index contributed by atoms with van der Waals surface area (Å²) < 4.78 is 23.4. The quantitative estimate of drug-likeness (QED) is 0.811. The molecule has 2 rings (SSSR count). The monoisotopic (exact) mass is 309 g/mol. The average Bonchev–Trinajstić information content (AvgIpc) is 2.83. The van der Waals surface area contributed by atoms with Gasteiger partial charge in [0.15, 0.2) is 9.84 Å². The lowest BCUT2D eigenvalue weighted by atomic mass is 10.1. The van der Waals surface area contributed by atoms with E-state index < -0.39 is 9.84 Å². The first kappa shape index (κ1) is 16.0. The van der Waals surface area contributed by atoms with Crippen LogP contribution in [0.5, 0.6) is 0 Å². The third-order valence-electron chi connectivity index (χ3n) is 3.91. The molecule has 1 saturated heterocycles. The minimum Gasteiger partial charge on any atom is -0.334 e. The maximum atomic E-state index is 12.4. The second-order valence-electron chi connectivity index (χ2n) is 5.67. The molecule has 1 aliphatic heterocycles. The van der Waals surface area contributed by atoms with E-state index in [1.54, 1.807) is 4.90 Å². The van der Waals surface area contributed by atoms with E-state index in [0.717, 1.165) is 18.4 Å². The van der Waals surface area contributed by atoms with Gasteiger partial charge in [-0.05, 0) is 18.4 Å². The summed E-state index contributed by atoms with van der Waals surface area (Å²) in [4.78, 5) is 14.2. The van der Waals surface area contributed by atoms with Gasteiger partial charge >= 0.3 is 0 Å². The van der Waals surface area contributed by atoms with Crippen molar-refractivity contribution in [1.82, 2.24) is 4.90 Å². The van der Waals surface area contributed by atoms with Gasteiger partial charge in [-0.25, -0.2) is 8.42 Å². The fourth-order valence-corrected chi connectivity index (χ4v) is 4.42. The summed E-state index contributed by atoms with van der Waals surface area (Å²) in [6.07, 6.45) is 2.88. The van der Waals surface area contributed by atoms with Crippen molar-refractivity contribution < 1.29 is 13.2 Å². The number of nitrogens with zero attached hydrogens (tertiary/aromatic N) is 1. The highest BCUT2D eigenvalue weighted by Crippen LogP contribution is 2.21. The Morgan fingerprint density at radius 1 is 1.29 bits per heavy atom. The highest BCUT2D eigenvalue weighted by molar-refractivity contribution is 7.91. The highest BCUT2D eigenvalue weighted by Gasteiger charge is 2.34. The molecule has 5 heteroatoms. The zero-order valence-corrected chi connectivity index (χ0v) is 13.3. The van der Waals surface area contributed by atoms with Gasteiger partial charge in [-0.3, -0.25) is 4.79 Å². The van der Waals surface area contributed by atoms with Crippen LogP contribution in [-0.4, -0.2) is 36.8 Å². The number of hydrogen-bond acceptors (Lipinski definition) is 3. The van der Waals surface area contributed by atoms with Gasteiger partial charge in [0, 0.05) is 19.0 Å². The molecule has 1 heterocycles. The van der Waals surface area contributed by atoms with Crippen LogP contribution in [0.15, 0.2) is 30.3 Å². The molecule has 1 aromatic carbocycles. The van der Waals surface area contributed by atoms with Crippen molar-refractivity contribution in [3.63, 3.8) is 0 Å². The lowest BCUT2D eigenvalue weighted by molar-refractivity contribution is -0.133. The first-order valence-corrected chi connectivity index (χ1v) is 9.38. The molecule has 4 nitrogen and oxygen atoms in total. The number of hydrogen-bond donors (Lipinski definition) is 0. The molecule has 0 radical (unpaired) electrons. The standard InChI is InChI=1S/C16H23NO3S/c1-2-3-9-16(18)17(12-14-7-5-4-6-8-14)15-10-11-21(19,20)13-15/h4-8,15H,2-3,9-13H2,1H3. The molecule has 0 aromatic heterocycles. The fraction of sp³-hybridized carbons (Fsp3) is 0.562. The lowest BCUT2D eigenvalue weighted by Gasteiger charge is -2.28. The van der Waals surface area contributed by atoms with Gasteiger partial charge in [0.25, 0.3) is 0 Å².